The molecule has 0 saturated carbocycles. The molecule has 3 N–H and O–H groups in total. The number of amides is 1. The number of nitrogens with zero attached hydrogens (tertiary/aromatic N) is 5. The van der Waals surface area contributed by atoms with Gasteiger partial charge in [0.2, 0.25) is 5.91 Å². The van der Waals surface area contributed by atoms with Gasteiger partial charge < -0.3 is 15.0 Å². The van der Waals surface area contributed by atoms with E-state index in [1.165, 1.54) is 18.4 Å². The van der Waals surface area contributed by atoms with Gasteiger partial charge in [-0.15, -0.1) is 0 Å². The van der Waals surface area contributed by atoms with Crippen molar-refractivity contribution in [2.24, 2.45) is 7.05 Å². The van der Waals surface area contributed by atoms with Gasteiger partial charge in [0.05, 0.1) is 45.0 Å². The summed E-state index contributed by atoms with van der Waals surface area (Å²) in [5, 5.41) is 18.8. The molecule has 268 valence electrons. The van der Waals surface area contributed by atoms with Gasteiger partial charge in [0, 0.05) is 30.5 Å². The monoisotopic (exact) mass is 743 g/mol. The Morgan fingerprint density at radius 3 is 2.44 bits per heavy atom. The maximum atomic E-state index is 14.5. The summed E-state index contributed by atoms with van der Waals surface area (Å²) in [6, 6.07) is 13.1. The van der Waals surface area contributed by atoms with E-state index in [-0.39, 0.29) is 24.2 Å². The maximum Gasteiger partial charge on any atom is 0.240 e. The minimum absolute atomic E-state index is 0.0461. The number of carbonyl (C=O) groups is 1. The molecule has 14 heteroatoms. The number of hydrogen-bond acceptors (Lipinski definition) is 6. The molecule has 0 spiro atoms. The Kier molecular flexibility index (Phi) is 10.2. The van der Waals surface area contributed by atoms with Crippen LogP contribution in [0.4, 0.5) is 14.6 Å². The first-order chi connectivity index (χ1) is 24.6. The van der Waals surface area contributed by atoms with E-state index in [9.17, 15) is 22.9 Å². The van der Waals surface area contributed by atoms with Crippen molar-refractivity contribution in [3.8, 4) is 23.0 Å². The first-order valence-corrected chi connectivity index (χ1v) is 18.2. The van der Waals surface area contributed by atoms with Crippen LogP contribution in [-0.2, 0) is 35.8 Å². The van der Waals surface area contributed by atoms with Gasteiger partial charge in [-0.1, -0.05) is 23.6 Å². The Bertz CT molecular complexity index is 2440. The summed E-state index contributed by atoms with van der Waals surface area (Å²) in [4.78, 5) is 23.3. The predicted octanol–water partition coefficient (Wildman–Crippen LogP) is 6.46. The number of aliphatic hydroxyl groups is 1. The third-order valence-electron chi connectivity index (χ3n) is 8.47. The second-order valence-electron chi connectivity index (χ2n) is 13.2. The minimum atomic E-state index is -1.45. The third kappa shape index (κ3) is 7.99. The average molecular weight is 744 g/mol. The van der Waals surface area contributed by atoms with Crippen LogP contribution in [0.25, 0.3) is 33.1 Å². The van der Waals surface area contributed by atoms with Crippen LogP contribution in [0.2, 0.25) is 5.02 Å². The summed E-state index contributed by atoms with van der Waals surface area (Å²) in [6.07, 6.45) is 3.03. The van der Waals surface area contributed by atoms with Crippen molar-refractivity contribution >= 4 is 56.2 Å². The fourth-order valence-electron chi connectivity index (χ4n) is 6.07. The predicted molar refractivity (Wildman–Crippen MR) is 200 cm³/mol. The van der Waals surface area contributed by atoms with Gasteiger partial charge in [-0.25, -0.2) is 23.0 Å². The number of hydrogen-bond donors (Lipinski definition) is 3. The Morgan fingerprint density at radius 2 is 1.75 bits per heavy atom. The number of anilines is 1. The van der Waals surface area contributed by atoms with Crippen LogP contribution in [-0.4, -0.2) is 51.4 Å². The van der Waals surface area contributed by atoms with E-state index < -0.39 is 40.2 Å². The standard InChI is InChI=1S/C38H36ClF2N7O3S/c1-21-13-30-32(14-22(21)2)48(20-42-30)19-33(49)44-31(17-23-15-24(40)18-25(41)16-23)35-27(8-7-26(43-35)11-12-38(3,4)50)28-9-10-29(39)34-36(28)47(5)45-37(34)46-52(6)51/h7-10,13-16,18,20,31,50H,17,19H2,1-6H3,(H,44,49)(H,45,46)/t31-,52?/m0/s1. The first kappa shape index (κ1) is 36.6. The zero-order valence-corrected chi connectivity index (χ0v) is 30.9. The Balaban J connectivity index is 1.53. The number of carbonyl (C=O) groups excluding carboxylic acids is 1. The van der Waals surface area contributed by atoms with Crippen LogP contribution >= 0.6 is 11.6 Å². The van der Waals surface area contributed by atoms with Gasteiger partial charge in [0.15, 0.2) is 5.82 Å². The molecular weight excluding hydrogens is 708 g/mol. The number of halogens is 3. The fourth-order valence-corrected chi connectivity index (χ4v) is 6.73. The highest BCUT2D eigenvalue weighted by Crippen LogP contribution is 2.40. The van der Waals surface area contributed by atoms with E-state index in [4.69, 9.17) is 16.6 Å². The number of rotatable bonds is 9. The van der Waals surface area contributed by atoms with Crippen molar-refractivity contribution in [1.29, 1.82) is 0 Å². The minimum Gasteiger partial charge on any atom is -0.378 e. The summed E-state index contributed by atoms with van der Waals surface area (Å²) in [5.74, 6) is 4.05. The van der Waals surface area contributed by atoms with Crippen molar-refractivity contribution in [2.45, 2.75) is 52.3 Å². The highest BCUT2D eigenvalue weighted by Gasteiger charge is 2.26. The lowest BCUT2D eigenvalue weighted by Gasteiger charge is -2.23. The van der Waals surface area contributed by atoms with Crippen molar-refractivity contribution in [1.82, 2.24) is 29.6 Å². The Hall–Kier alpha value is -5.16. The molecule has 2 atom stereocenters. The van der Waals surface area contributed by atoms with Gasteiger partial charge in [-0.05, 0) is 99.2 Å². The molecular formula is C38H36ClF2N7O3S. The van der Waals surface area contributed by atoms with Crippen molar-refractivity contribution in [3.05, 3.63) is 106 Å². The smallest absolute Gasteiger partial charge is 0.240 e. The number of fused-ring (bicyclic) bond motifs is 2. The van der Waals surface area contributed by atoms with E-state index in [1.54, 1.807) is 60.7 Å². The molecule has 10 nitrogen and oxygen atoms in total. The molecule has 6 aromatic rings. The summed E-state index contributed by atoms with van der Waals surface area (Å²) < 4.78 is 47.4. The van der Waals surface area contributed by atoms with Gasteiger partial charge in [0.1, 0.15) is 40.5 Å². The molecule has 0 aliphatic carbocycles. The molecule has 0 saturated heterocycles. The molecule has 1 amide bonds. The molecule has 0 bridgehead atoms. The molecule has 0 aliphatic heterocycles. The van der Waals surface area contributed by atoms with Crippen LogP contribution < -0.4 is 10.0 Å². The van der Waals surface area contributed by atoms with Crippen LogP contribution in [0.15, 0.2) is 60.9 Å². The average Bonchev–Trinajstić information content (AvgIpc) is 3.58. The van der Waals surface area contributed by atoms with Crippen LogP contribution in [0.1, 0.15) is 48.0 Å². The molecule has 1 unspecified atom stereocenters. The molecule has 0 radical (unpaired) electrons. The number of benzene rings is 3. The van der Waals surface area contributed by atoms with Crippen molar-refractivity contribution in [3.63, 3.8) is 0 Å². The largest absolute Gasteiger partial charge is 0.378 e. The highest BCUT2D eigenvalue weighted by molar-refractivity contribution is 7.85. The number of aromatic nitrogens is 5. The summed E-state index contributed by atoms with van der Waals surface area (Å²) in [7, 11) is 0.268. The zero-order chi connectivity index (χ0) is 37.5. The van der Waals surface area contributed by atoms with Crippen molar-refractivity contribution in [2.75, 3.05) is 11.0 Å². The Labute approximate surface area is 306 Å². The van der Waals surface area contributed by atoms with E-state index in [0.717, 1.165) is 28.2 Å². The highest BCUT2D eigenvalue weighted by atomic mass is 35.5. The first-order valence-electron chi connectivity index (χ1n) is 16.2. The zero-order valence-electron chi connectivity index (χ0n) is 29.3. The van der Waals surface area contributed by atoms with Gasteiger partial charge in [-0.3, -0.25) is 14.2 Å². The van der Waals surface area contributed by atoms with Gasteiger partial charge in [-0.2, -0.15) is 5.10 Å². The van der Waals surface area contributed by atoms with Crippen LogP contribution in [0.3, 0.4) is 0 Å². The fraction of sp³-hybridized carbons (Fsp3) is 0.263. The lowest BCUT2D eigenvalue weighted by atomic mass is 9.93. The number of imidazole rings is 1. The topological polar surface area (TPSA) is 127 Å². The van der Waals surface area contributed by atoms with E-state index >= 15 is 0 Å². The molecule has 3 aromatic heterocycles. The SMILES string of the molecule is Cc1cc2ncn(CC(=O)N[C@@H](Cc3cc(F)cc(F)c3)c3nc(C#CC(C)(C)O)ccc3-c3ccc(Cl)c4c(NS(C)=O)nn(C)c34)c2cc1C. The Morgan fingerprint density at radius 1 is 1.06 bits per heavy atom. The van der Waals surface area contributed by atoms with Crippen LogP contribution in [0, 0.1) is 37.3 Å². The molecule has 0 fully saturated rings. The third-order valence-corrected chi connectivity index (χ3v) is 9.26. The number of nitrogens with one attached hydrogen (secondary N) is 2. The second kappa shape index (κ2) is 14.5. The molecule has 52 heavy (non-hydrogen) atoms. The number of pyridine rings is 1. The second-order valence-corrected chi connectivity index (χ2v) is 14.7. The quantitative estimate of drug-likeness (QED) is 0.146. The molecule has 3 aromatic carbocycles. The molecule has 0 aliphatic rings. The normalized spacial score (nSPS) is 12.8. The lowest BCUT2D eigenvalue weighted by Crippen LogP contribution is -2.33. The van der Waals surface area contributed by atoms with Crippen LogP contribution in [0.5, 0.6) is 0 Å². The summed E-state index contributed by atoms with van der Waals surface area (Å²) in [5.41, 5.74) is 4.97. The number of aryl methyl sites for hydroxylation is 3. The van der Waals surface area contributed by atoms with Crippen molar-refractivity contribution < 1.29 is 22.9 Å². The molecule has 6 rings (SSSR count). The van der Waals surface area contributed by atoms with Gasteiger partial charge >= 0.3 is 0 Å². The maximum absolute atomic E-state index is 14.5. The summed E-state index contributed by atoms with van der Waals surface area (Å²) >= 11 is 6.68. The van der Waals surface area contributed by atoms with E-state index in [2.05, 4.69) is 32.0 Å². The summed E-state index contributed by atoms with van der Waals surface area (Å²) in [6.45, 7) is 6.96. The lowest BCUT2D eigenvalue weighted by molar-refractivity contribution is -0.122. The van der Waals surface area contributed by atoms with Gasteiger partial charge in [0.25, 0.3) is 0 Å². The van der Waals surface area contributed by atoms with E-state index in [0.29, 0.717) is 38.6 Å². The van der Waals surface area contributed by atoms with E-state index in [1.807, 2.05) is 26.0 Å². The molecule has 3 heterocycles.